The molecule has 14 nitrogen and oxygen atoms in total. The molecule has 0 saturated carbocycles. The molecule has 14 heteroatoms. The van der Waals surface area contributed by atoms with Crippen molar-refractivity contribution in [2.45, 2.75) is 111 Å². The van der Waals surface area contributed by atoms with Crippen molar-refractivity contribution in [3.05, 3.63) is 58.0 Å². The first-order chi connectivity index (χ1) is 27.9. The molecule has 8 atom stereocenters. The van der Waals surface area contributed by atoms with Gasteiger partial charge in [-0.1, -0.05) is 59.8 Å². The van der Waals surface area contributed by atoms with Crippen LogP contribution in [0.3, 0.4) is 0 Å². The summed E-state index contributed by atoms with van der Waals surface area (Å²) in [6.07, 6.45) is 7.73. The fourth-order valence-corrected chi connectivity index (χ4v) is 9.17. The van der Waals surface area contributed by atoms with Gasteiger partial charge in [0, 0.05) is 74.9 Å². The number of aliphatic hydroxyl groups is 1. The minimum absolute atomic E-state index is 0.00884. The molecule has 4 aliphatic rings. The number of likely N-dealkylation sites (tertiary alicyclic amines) is 1. The Morgan fingerprint density at radius 3 is 2.34 bits per heavy atom. The molecule has 4 aliphatic heterocycles. The number of hydrogen-bond donors (Lipinski definition) is 4. The first-order valence-corrected chi connectivity index (χ1v) is 20.7. The van der Waals surface area contributed by atoms with Gasteiger partial charge in [0.05, 0.1) is 34.8 Å². The summed E-state index contributed by atoms with van der Waals surface area (Å²) in [6, 6.07) is 0. The van der Waals surface area contributed by atoms with Gasteiger partial charge in [0.2, 0.25) is 0 Å². The molecule has 1 unspecified atom stereocenters. The molecule has 1 fully saturated rings. The Balaban J connectivity index is 1.53. The van der Waals surface area contributed by atoms with Crippen LogP contribution in [-0.2, 0) is 23.8 Å². The number of phenols is 2. The quantitative estimate of drug-likeness (QED) is 0.224. The number of ether oxygens (including phenoxy) is 4. The molecule has 1 amide bonds. The number of anilines is 1. The highest BCUT2D eigenvalue weighted by molar-refractivity contribution is 6.19. The number of allylic oxidation sites excluding steroid dienone is 3. The second-order valence-electron chi connectivity index (χ2n) is 17.6. The van der Waals surface area contributed by atoms with E-state index in [0.29, 0.717) is 37.2 Å². The van der Waals surface area contributed by atoms with E-state index in [4.69, 9.17) is 28.9 Å². The van der Waals surface area contributed by atoms with E-state index < -0.39 is 59.0 Å². The number of carbonyl (C=O) groups is 3. The first kappa shape index (κ1) is 43.8. The largest absolute Gasteiger partial charge is 0.507 e. The monoisotopic (exact) mass is 816 g/mol. The van der Waals surface area contributed by atoms with Crippen LogP contribution in [0, 0.1) is 36.5 Å². The standard InChI is InChI=1S/C45H60N4O10/c1-23(2)21-49-17-15-45(16-18-49)47-34-31-32-38(52)29(8)41-33(31)42(54)44(9,59-41)58-19-14-30(56-10)27(6)40(57-22-50)28(7)37(51)26(5)20-24(3)12-11-13-25(4)43(55)46-36(39(32)53)35(34)48-45/h11-14,19,22-24,26-28,30,37,40,51-53H,15-18,20-21H2,1-10H3,(H,46,55)/b12-11+,19-14+,25-13-/t24-,26+,27+,28+,30-,37+,40+,44?/m0/s1. The van der Waals surface area contributed by atoms with Gasteiger partial charge in [-0.15, -0.1) is 0 Å². The van der Waals surface area contributed by atoms with E-state index in [9.17, 15) is 29.7 Å². The molecule has 0 radical (unpaired) electrons. The third kappa shape index (κ3) is 8.23. The fourth-order valence-electron chi connectivity index (χ4n) is 9.17. The van der Waals surface area contributed by atoms with Crippen LogP contribution in [0.1, 0.15) is 90.6 Å². The number of fused-ring (bicyclic) bond motifs is 1. The lowest BCUT2D eigenvalue weighted by Crippen LogP contribution is -2.43. The summed E-state index contributed by atoms with van der Waals surface area (Å²) in [4.78, 5) is 53.0. The van der Waals surface area contributed by atoms with Crippen LogP contribution in [0.2, 0.25) is 0 Å². The smallest absolute Gasteiger partial charge is 0.312 e. The third-order valence-electron chi connectivity index (χ3n) is 12.5. The van der Waals surface area contributed by atoms with Gasteiger partial charge in [-0.3, -0.25) is 24.4 Å². The van der Waals surface area contributed by atoms with Crippen LogP contribution < -0.4 is 20.8 Å². The Labute approximate surface area is 345 Å². The molecule has 4 N–H and O–H groups in total. The van der Waals surface area contributed by atoms with Gasteiger partial charge < -0.3 is 44.5 Å². The van der Waals surface area contributed by atoms with Crippen LogP contribution in [0.5, 0.6) is 17.2 Å². The molecule has 59 heavy (non-hydrogen) atoms. The maximum Gasteiger partial charge on any atom is 0.312 e. The van der Waals surface area contributed by atoms with Gasteiger partial charge in [-0.05, 0) is 44.1 Å². The number of aromatic hydroxyl groups is 2. The zero-order chi connectivity index (χ0) is 43.1. The summed E-state index contributed by atoms with van der Waals surface area (Å²) < 4.78 is 23.8. The Morgan fingerprint density at radius 1 is 1.02 bits per heavy atom. The average Bonchev–Trinajstić information content (AvgIpc) is 3.69. The zero-order valence-corrected chi connectivity index (χ0v) is 35.9. The van der Waals surface area contributed by atoms with E-state index >= 15 is 0 Å². The van der Waals surface area contributed by atoms with Crippen molar-refractivity contribution in [2.75, 3.05) is 32.1 Å². The van der Waals surface area contributed by atoms with Crippen molar-refractivity contribution in [1.29, 1.82) is 0 Å². The SMILES string of the molecule is CO[C@H]1/C=C/OC2(C)Oc3c(C)c(O)c4c(O)c(c5c(c4c3C2=O)=NC2(CCN(CC(C)C)CC2)N=5)NC(=O)/C(C)=C\C=C\[C@H](C)C[C@@H](C)[C@@H](O)[C@@H](C)[C@H](OC=O)[C@@H]1C. The van der Waals surface area contributed by atoms with Crippen molar-refractivity contribution in [3.63, 3.8) is 0 Å². The van der Waals surface area contributed by atoms with E-state index in [-0.39, 0.29) is 61.6 Å². The lowest BCUT2D eigenvalue weighted by atomic mass is 9.79. The molecule has 0 aliphatic carbocycles. The van der Waals surface area contributed by atoms with Crippen LogP contribution >= 0.6 is 0 Å². The van der Waals surface area contributed by atoms with Gasteiger partial charge in [0.15, 0.2) is 11.4 Å². The molecule has 2 aromatic carbocycles. The van der Waals surface area contributed by atoms with Crippen LogP contribution in [-0.4, -0.2) is 94.9 Å². The number of nitrogens with one attached hydrogen (secondary N) is 1. The van der Waals surface area contributed by atoms with Crippen molar-refractivity contribution < 1.29 is 48.7 Å². The molecule has 6 rings (SSSR count). The van der Waals surface area contributed by atoms with E-state index in [0.717, 1.165) is 19.6 Å². The summed E-state index contributed by atoms with van der Waals surface area (Å²) in [7, 11) is 1.50. The average molecular weight is 817 g/mol. The molecule has 2 aromatic rings. The predicted octanol–water partition coefficient (Wildman–Crippen LogP) is 5.39. The third-order valence-corrected chi connectivity index (χ3v) is 12.5. The molecular weight excluding hydrogens is 757 g/mol. The number of hydrogen-bond acceptors (Lipinski definition) is 13. The topological polar surface area (TPSA) is 189 Å². The summed E-state index contributed by atoms with van der Waals surface area (Å²) in [5.41, 5.74) is -0.378. The highest BCUT2D eigenvalue weighted by Gasteiger charge is 2.50. The summed E-state index contributed by atoms with van der Waals surface area (Å²) in [6.45, 7) is 19.4. The van der Waals surface area contributed by atoms with Gasteiger partial charge in [0.25, 0.3) is 18.2 Å². The fraction of sp³-hybridized carbons (Fsp3) is 0.578. The van der Waals surface area contributed by atoms with Crippen LogP contribution in [0.4, 0.5) is 5.69 Å². The van der Waals surface area contributed by atoms with Gasteiger partial charge >= 0.3 is 5.79 Å². The Hall–Kier alpha value is -4.79. The highest BCUT2D eigenvalue weighted by atomic mass is 16.7. The number of nitrogens with zero attached hydrogens (tertiary/aromatic N) is 3. The molecule has 0 aromatic heterocycles. The molecule has 4 heterocycles. The molecule has 4 bridgehead atoms. The number of carbonyl (C=O) groups excluding carboxylic acids is 3. The minimum Gasteiger partial charge on any atom is -0.507 e. The summed E-state index contributed by atoms with van der Waals surface area (Å²) >= 11 is 0. The Bertz CT molecular complexity index is 2210. The van der Waals surface area contributed by atoms with Crippen molar-refractivity contribution >= 4 is 34.6 Å². The Kier molecular flexibility index (Phi) is 12.7. The number of amides is 1. The zero-order valence-electron chi connectivity index (χ0n) is 35.9. The van der Waals surface area contributed by atoms with Crippen molar-refractivity contribution in [2.24, 2.45) is 39.6 Å². The van der Waals surface area contributed by atoms with E-state index in [2.05, 4.69) is 24.1 Å². The number of phenolic OH excluding ortho intramolecular Hbond substituents is 2. The highest BCUT2D eigenvalue weighted by Crippen LogP contribution is 2.50. The van der Waals surface area contributed by atoms with E-state index in [1.165, 1.54) is 20.3 Å². The van der Waals surface area contributed by atoms with Gasteiger partial charge in [0.1, 0.15) is 28.6 Å². The van der Waals surface area contributed by atoms with Gasteiger partial charge in [-0.2, -0.15) is 0 Å². The van der Waals surface area contributed by atoms with Crippen LogP contribution in [0.25, 0.3) is 10.8 Å². The number of rotatable bonds is 5. The maximum absolute atomic E-state index is 14.7. The number of aliphatic hydroxyl groups excluding tert-OH is 1. The predicted molar refractivity (Wildman–Crippen MR) is 222 cm³/mol. The minimum atomic E-state index is -1.92. The van der Waals surface area contributed by atoms with Gasteiger partial charge in [-0.25, -0.2) is 0 Å². The molecule has 1 spiro atoms. The van der Waals surface area contributed by atoms with Crippen LogP contribution in [0.15, 0.2) is 46.1 Å². The van der Waals surface area contributed by atoms with Crippen molar-refractivity contribution in [1.82, 2.24) is 4.90 Å². The van der Waals surface area contributed by atoms with E-state index in [1.54, 1.807) is 32.1 Å². The second-order valence-corrected chi connectivity index (χ2v) is 17.6. The Morgan fingerprint density at radius 2 is 1.69 bits per heavy atom. The summed E-state index contributed by atoms with van der Waals surface area (Å²) in [5, 5.41) is 38.8. The number of ketones is 1. The number of Topliss-reactive ketones (excluding diaryl/α,β-unsaturated/α-hetero) is 1. The number of piperidine rings is 1. The first-order valence-electron chi connectivity index (χ1n) is 20.7. The number of methoxy groups -OCH3 is 1. The summed E-state index contributed by atoms with van der Waals surface area (Å²) in [5.74, 6) is -4.42. The lowest BCUT2D eigenvalue weighted by molar-refractivity contribution is -0.146. The lowest BCUT2D eigenvalue weighted by Gasteiger charge is -2.36. The van der Waals surface area contributed by atoms with Crippen molar-refractivity contribution in [3.8, 4) is 17.2 Å². The second kappa shape index (κ2) is 17.1. The normalized spacial score (nSPS) is 32.1. The maximum atomic E-state index is 14.7. The van der Waals surface area contributed by atoms with E-state index in [1.807, 2.05) is 33.8 Å². The number of benzene rings is 2. The molecular formula is C45H60N4O10. The molecule has 1 saturated heterocycles. The molecule has 320 valence electrons.